The number of carbonyl (C=O) groups excluding carboxylic acids is 2. The third-order valence-electron chi connectivity index (χ3n) is 3.77. The molecule has 4 nitrogen and oxygen atoms in total. The van der Waals surface area contributed by atoms with Crippen molar-refractivity contribution < 1.29 is 9.59 Å². The third-order valence-corrected chi connectivity index (χ3v) is 3.77. The minimum Gasteiger partial charge on any atom is -0.354 e. The molecular formula is C13H16N2O2. The molecule has 1 aromatic heterocycles. The second-order valence-corrected chi connectivity index (χ2v) is 4.95. The van der Waals surface area contributed by atoms with Gasteiger partial charge in [-0.25, -0.2) is 0 Å². The summed E-state index contributed by atoms with van der Waals surface area (Å²) < 4.78 is 2.20. The van der Waals surface area contributed by atoms with Crippen LogP contribution in [-0.4, -0.2) is 22.8 Å². The van der Waals surface area contributed by atoms with Crippen LogP contribution in [0.2, 0.25) is 0 Å². The molecule has 17 heavy (non-hydrogen) atoms. The molecule has 1 aromatic rings. The summed E-state index contributed by atoms with van der Waals surface area (Å²) in [5.74, 6) is 0.365. The normalized spacial score (nSPS) is 23.7. The molecule has 1 N–H and O–H groups in total. The highest BCUT2D eigenvalue weighted by molar-refractivity contribution is 5.98. The number of hydrogen-bond acceptors (Lipinski definition) is 2. The Morgan fingerprint density at radius 3 is 2.88 bits per heavy atom. The molecule has 1 unspecified atom stereocenters. The first-order valence-electron chi connectivity index (χ1n) is 6.17. The van der Waals surface area contributed by atoms with Crippen LogP contribution in [0.1, 0.15) is 47.1 Å². The topological polar surface area (TPSA) is 51.1 Å². The van der Waals surface area contributed by atoms with Gasteiger partial charge in [-0.2, -0.15) is 0 Å². The third kappa shape index (κ3) is 1.59. The number of rotatable bonds is 1. The van der Waals surface area contributed by atoms with E-state index in [0.29, 0.717) is 19.4 Å². The average molecular weight is 232 g/mol. The number of amides is 1. The van der Waals surface area contributed by atoms with E-state index in [4.69, 9.17) is 0 Å². The Kier molecular flexibility index (Phi) is 2.31. The van der Waals surface area contributed by atoms with Crippen molar-refractivity contribution in [2.24, 2.45) is 0 Å². The van der Waals surface area contributed by atoms with Gasteiger partial charge < -0.3 is 9.88 Å². The predicted octanol–water partition coefficient (Wildman–Crippen LogP) is 1.38. The van der Waals surface area contributed by atoms with Crippen LogP contribution < -0.4 is 5.32 Å². The van der Waals surface area contributed by atoms with E-state index in [1.165, 1.54) is 0 Å². The molecule has 1 aliphatic heterocycles. The number of hydrogen-bond donors (Lipinski definition) is 1. The fourth-order valence-corrected chi connectivity index (χ4v) is 3.03. The van der Waals surface area contributed by atoms with Crippen molar-refractivity contribution in [1.82, 2.24) is 9.88 Å². The van der Waals surface area contributed by atoms with Crippen molar-refractivity contribution in [3.05, 3.63) is 23.0 Å². The highest BCUT2D eigenvalue weighted by Gasteiger charge is 2.29. The van der Waals surface area contributed by atoms with Crippen LogP contribution in [0.4, 0.5) is 0 Å². The quantitative estimate of drug-likeness (QED) is 0.795. The minimum absolute atomic E-state index is 0.110. The number of aromatic nitrogens is 1. The molecule has 2 heterocycles. The molecule has 0 spiro atoms. The van der Waals surface area contributed by atoms with Crippen LogP contribution >= 0.6 is 0 Å². The van der Waals surface area contributed by atoms with Gasteiger partial charge in [0.05, 0.1) is 6.04 Å². The number of ketones is 1. The summed E-state index contributed by atoms with van der Waals surface area (Å²) in [5.41, 5.74) is 3.13. The van der Waals surface area contributed by atoms with E-state index in [2.05, 4.69) is 9.88 Å². The SMILES string of the molecule is Cc1cc2c(n1C1CNC(=O)C1)CCCC2=O. The fourth-order valence-electron chi connectivity index (χ4n) is 3.03. The second kappa shape index (κ2) is 3.72. The van der Waals surface area contributed by atoms with Crippen molar-refractivity contribution in [2.45, 2.75) is 38.6 Å². The van der Waals surface area contributed by atoms with E-state index < -0.39 is 0 Å². The molecular weight excluding hydrogens is 216 g/mol. The second-order valence-electron chi connectivity index (χ2n) is 4.95. The lowest BCUT2D eigenvalue weighted by Gasteiger charge is -2.20. The molecule has 0 saturated carbocycles. The van der Waals surface area contributed by atoms with E-state index in [-0.39, 0.29) is 17.7 Å². The zero-order valence-corrected chi connectivity index (χ0v) is 9.95. The molecule has 1 atom stereocenters. The molecule has 1 aliphatic carbocycles. The van der Waals surface area contributed by atoms with Crippen LogP contribution in [0, 0.1) is 6.92 Å². The fraction of sp³-hybridized carbons (Fsp3) is 0.538. The lowest BCUT2D eigenvalue weighted by Crippen LogP contribution is -2.19. The molecule has 3 rings (SSSR count). The predicted molar refractivity (Wildman–Crippen MR) is 63.1 cm³/mol. The summed E-state index contributed by atoms with van der Waals surface area (Å²) in [5, 5.41) is 2.86. The molecule has 0 radical (unpaired) electrons. The maximum Gasteiger partial charge on any atom is 0.222 e. The average Bonchev–Trinajstić information content (AvgIpc) is 2.82. The van der Waals surface area contributed by atoms with Gasteiger partial charge in [0.1, 0.15) is 0 Å². The Hall–Kier alpha value is -1.58. The van der Waals surface area contributed by atoms with Crippen LogP contribution in [0.5, 0.6) is 0 Å². The van der Waals surface area contributed by atoms with Gasteiger partial charge in [-0.05, 0) is 25.8 Å². The number of nitrogens with one attached hydrogen (secondary N) is 1. The van der Waals surface area contributed by atoms with Crippen molar-refractivity contribution in [3.63, 3.8) is 0 Å². The van der Waals surface area contributed by atoms with Gasteiger partial charge in [0.2, 0.25) is 5.91 Å². The van der Waals surface area contributed by atoms with Gasteiger partial charge in [0.15, 0.2) is 5.78 Å². The van der Waals surface area contributed by atoms with E-state index in [9.17, 15) is 9.59 Å². The van der Waals surface area contributed by atoms with Crippen LogP contribution in [-0.2, 0) is 11.2 Å². The largest absolute Gasteiger partial charge is 0.354 e. The number of nitrogens with zero attached hydrogens (tertiary/aromatic N) is 1. The van der Waals surface area contributed by atoms with Gasteiger partial charge in [-0.3, -0.25) is 9.59 Å². The summed E-state index contributed by atoms with van der Waals surface area (Å²) in [6, 6.07) is 2.18. The first-order chi connectivity index (χ1) is 8.16. The lowest BCUT2D eigenvalue weighted by molar-refractivity contribution is -0.119. The number of aryl methyl sites for hydroxylation is 1. The smallest absolute Gasteiger partial charge is 0.222 e. The number of carbonyl (C=O) groups is 2. The first kappa shape index (κ1) is 10.6. The molecule has 1 fully saturated rings. The number of Topliss-reactive ketones (excluding diaryl/α,β-unsaturated/α-hetero) is 1. The van der Waals surface area contributed by atoms with Crippen LogP contribution in [0.3, 0.4) is 0 Å². The Morgan fingerprint density at radius 1 is 1.35 bits per heavy atom. The Bertz CT molecular complexity index is 502. The minimum atomic E-state index is 0.110. The van der Waals surface area contributed by atoms with Gasteiger partial charge in [0.25, 0.3) is 0 Å². The molecule has 0 bridgehead atoms. The van der Waals surface area contributed by atoms with E-state index >= 15 is 0 Å². The Morgan fingerprint density at radius 2 is 2.18 bits per heavy atom. The van der Waals surface area contributed by atoms with Crippen molar-refractivity contribution in [2.75, 3.05) is 6.54 Å². The first-order valence-corrected chi connectivity index (χ1v) is 6.17. The summed E-state index contributed by atoms with van der Waals surface area (Å²) in [7, 11) is 0. The summed E-state index contributed by atoms with van der Waals surface area (Å²) >= 11 is 0. The van der Waals surface area contributed by atoms with Gasteiger partial charge in [-0.15, -0.1) is 0 Å². The Balaban J connectivity index is 2.05. The van der Waals surface area contributed by atoms with Gasteiger partial charge in [-0.1, -0.05) is 0 Å². The highest BCUT2D eigenvalue weighted by Crippen LogP contribution is 2.30. The zero-order chi connectivity index (χ0) is 12.0. The summed E-state index contributed by atoms with van der Waals surface area (Å²) in [6.07, 6.45) is 3.09. The molecule has 2 aliphatic rings. The van der Waals surface area contributed by atoms with E-state index in [1.807, 2.05) is 13.0 Å². The highest BCUT2D eigenvalue weighted by atomic mass is 16.2. The monoisotopic (exact) mass is 232 g/mol. The van der Waals surface area contributed by atoms with Crippen molar-refractivity contribution in [1.29, 1.82) is 0 Å². The van der Waals surface area contributed by atoms with E-state index in [0.717, 1.165) is 29.8 Å². The van der Waals surface area contributed by atoms with Gasteiger partial charge >= 0.3 is 0 Å². The van der Waals surface area contributed by atoms with E-state index in [1.54, 1.807) is 0 Å². The Labute approximate surface area is 100.0 Å². The number of fused-ring (bicyclic) bond motifs is 1. The molecule has 1 amide bonds. The molecule has 0 aromatic carbocycles. The van der Waals surface area contributed by atoms with Crippen molar-refractivity contribution >= 4 is 11.7 Å². The van der Waals surface area contributed by atoms with Crippen molar-refractivity contribution in [3.8, 4) is 0 Å². The zero-order valence-electron chi connectivity index (χ0n) is 9.95. The maximum atomic E-state index is 11.8. The van der Waals surface area contributed by atoms with Gasteiger partial charge in [0, 0.05) is 36.3 Å². The molecule has 90 valence electrons. The van der Waals surface area contributed by atoms with Crippen LogP contribution in [0.25, 0.3) is 0 Å². The standard InChI is InChI=1S/C13H16N2O2/c1-8-5-10-11(3-2-4-12(10)16)15(8)9-6-13(17)14-7-9/h5,9H,2-4,6-7H2,1H3,(H,14,17). The summed E-state index contributed by atoms with van der Waals surface area (Å²) in [4.78, 5) is 23.1. The lowest BCUT2D eigenvalue weighted by atomic mass is 9.96. The summed E-state index contributed by atoms with van der Waals surface area (Å²) in [6.45, 7) is 2.71. The molecule has 4 heteroatoms. The molecule has 1 saturated heterocycles. The maximum absolute atomic E-state index is 11.8. The van der Waals surface area contributed by atoms with Crippen LogP contribution in [0.15, 0.2) is 6.07 Å².